The van der Waals surface area contributed by atoms with Crippen LogP contribution in [0.4, 0.5) is 5.95 Å². The maximum atomic E-state index is 13.8. The summed E-state index contributed by atoms with van der Waals surface area (Å²) < 4.78 is 36.9. The van der Waals surface area contributed by atoms with Gasteiger partial charge in [-0.3, -0.25) is 0 Å². The lowest BCUT2D eigenvalue weighted by Gasteiger charge is -2.56. The van der Waals surface area contributed by atoms with Crippen LogP contribution in [0.3, 0.4) is 0 Å². The molecular formula is C39H54N4O3S. The van der Waals surface area contributed by atoms with Crippen LogP contribution in [-0.2, 0) is 10.0 Å². The molecule has 2 atom stereocenters. The second kappa shape index (κ2) is 13.1. The lowest BCUT2D eigenvalue weighted by Crippen LogP contribution is -2.49. The van der Waals surface area contributed by atoms with Crippen LogP contribution >= 0.6 is 0 Å². The predicted molar refractivity (Wildman–Crippen MR) is 190 cm³/mol. The summed E-state index contributed by atoms with van der Waals surface area (Å²) in [4.78, 5) is 12.2. The number of piperidine rings is 1. The van der Waals surface area contributed by atoms with Crippen molar-refractivity contribution in [1.82, 2.24) is 14.9 Å². The van der Waals surface area contributed by atoms with Gasteiger partial charge in [0.1, 0.15) is 0 Å². The average Bonchev–Trinajstić information content (AvgIpc) is 2.97. The fraction of sp³-hybridized carbons (Fsp3) is 0.590. The van der Waals surface area contributed by atoms with Crippen LogP contribution in [0.1, 0.15) is 95.8 Å². The number of rotatable bonds is 6. The molecule has 3 heterocycles. The molecule has 2 fully saturated rings. The Morgan fingerprint density at radius 1 is 1.00 bits per heavy atom. The molecule has 1 unspecified atom stereocenters. The van der Waals surface area contributed by atoms with E-state index in [1.54, 1.807) is 6.07 Å². The highest BCUT2D eigenvalue weighted by atomic mass is 32.2. The topological polar surface area (TPSA) is 84.4 Å². The van der Waals surface area contributed by atoms with E-state index in [4.69, 9.17) is 4.74 Å². The molecule has 1 saturated heterocycles. The fourth-order valence-electron chi connectivity index (χ4n) is 8.46. The Morgan fingerprint density at radius 3 is 2.34 bits per heavy atom. The molecule has 3 aliphatic rings. The number of hydrogen-bond acceptors (Lipinski definition) is 6. The number of hydrogen-bond donors (Lipinski definition) is 1. The molecule has 1 aliphatic carbocycles. The second-order valence-corrected chi connectivity index (χ2v) is 18.1. The maximum Gasteiger partial charge on any atom is 0.264 e. The molecule has 2 aliphatic heterocycles. The highest BCUT2D eigenvalue weighted by molar-refractivity contribution is 7.92. The van der Waals surface area contributed by atoms with Gasteiger partial charge in [0.15, 0.2) is 0 Å². The number of nitrogens with one attached hydrogen (secondary N) is 1. The van der Waals surface area contributed by atoms with E-state index in [-0.39, 0.29) is 22.7 Å². The van der Waals surface area contributed by atoms with Gasteiger partial charge in [-0.05, 0) is 129 Å². The molecule has 47 heavy (non-hydrogen) atoms. The van der Waals surface area contributed by atoms with Gasteiger partial charge in [0.05, 0.1) is 17.2 Å². The summed E-state index contributed by atoms with van der Waals surface area (Å²) >= 11 is 0. The predicted octanol–water partition coefficient (Wildman–Crippen LogP) is 8.63. The number of nitrogens with zero attached hydrogens (tertiary/aromatic N) is 3. The standard InChI is InChI=1S/C39H54N4O3S/c1-26(2)20-30-25-46-34-22-33(35-27(3)10-8-11-28(35)4)40-37(41-34)42-47(44,45)32-13-9-12-29(21-32)36(30)31-23-39(24-31)15-18-43(19-16-39)17-14-38(5,6)7/h8-13,21-22,26,30-31,36H,14-20,23-25H2,1-7H3,(H,40,41,42)/t30-,36?/m1/s1. The normalized spacial score (nSPS) is 22.9. The zero-order chi connectivity index (χ0) is 33.6. The Hall–Kier alpha value is -2.97. The summed E-state index contributed by atoms with van der Waals surface area (Å²) in [7, 11) is -3.93. The maximum absolute atomic E-state index is 13.8. The summed E-state index contributed by atoms with van der Waals surface area (Å²) in [6.07, 6.45) is 7.14. The van der Waals surface area contributed by atoms with Crippen LogP contribution in [0, 0.1) is 42.4 Å². The SMILES string of the molecule is Cc1cccc(C)c1-c1cc2nc(n1)NS(=O)(=O)c1cccc(c1)C(C1CC3(CCN(CCC(C)(C)C)CC3)C1)[C@H](CC(C)C)CO2. The van der Waals surface area contributed by atoms with Crippen molar-refractivity contribution in [3.63, 3.8) is 0 Å². The second-order valence-electron chi connectivity index (χ2n) is 16.4. The first kappa shape index (κ1) is 33.9. The van der Waals surface area contributed by atoms with E-state index in [1.165, 1.54) is 51.7 Å². The van der Waals surface area contributed by atoms with Crippen molar-refractivity contribution in [2.24, 2.45) is 28.6 Å². The van der Waals surface area contributed by atoms with E-state index < -0.39 is 10.0 Å². The Labute approximate surface area is 283 Å². The lowest BCUT2D eigenvalue weighted by molar-refractivity contribution is -0.0377. The van der Waals surface area contributed by atoms with E-state index in [9.17, 15) is 8.42 Å². The Bertz CT molecular complexity index is 1660. The van der Waals surface area contributed by atoms with Crippen LogP contribution in [-0.4, -0.2) is 49.5 Å². The number of anilines is 1. The molecular weight excluding hydrogens is 605 g/mol. The number of ether oxygens (including phenoxy) is 1. The Kier molecular flexibility index (Phi) is 9.49. The molecule has 1 saturated carbocycles. The van der Waals surface area contributed by atoms with Gasteiger partial charge in [0.25, 0.3) is 10.0 Å². The van der Waals surface area contributed by atoms with Gasteiger partial charge in [-0.25, -0.2) is 18.1 Å². The van der Waals surface area contributed by atoms with Crippen molar-refractivity contribution in [1.29, 1.82) is 0 Å². The number of sulfonamides is 1. The molecule has 6 rings (SSSR count). The van der Waals surface area contributed by atoms with Gasteiger partial charge in [-0.15, -0.1) is 0 Å². The van der Waals surface area contributed by atoms with Crippen molar-refractivity contribution in [2.45, 2.75) is 97.8 Å². The summed E-state index contributed by atoms with van der Waals surface area (Å²) in [6, 6.07) is 15.6. The molecule has 1 spiro atoms. The van der Waals surface area contributed by atoms with Crippen molar-refractivity contribution in [3.8, 4) is 17.1 Å². The van der Waals surface area contributed by atoms with Crippen molar-refractivity contribution in [2.75, 3.05) is 31.0 Å². The molecule has 1 N–H and O–H groups in total. The largest absolute Gasteiger partial charge is 0.477 e. The third kappa shape index (κ3) is 7.69. The number of fused-ring (bicyclic) bond motifs is 4. The van der Waals surface area contributed by atoms with Crippen molar-refractivity contribution >= 4 is 16.0 Å². The minimum Gasteiger partial charge on any atom is -0.477 e. The molecule has 8 heteroatoms. The molecule has 1 aromatic heterocycles. The highest BCUT2D eigenvalue weighted by Gasteiger charge is 2.50. The summed E-state index contributed by atoms with van der Waals surface area (Å²) in [6.45, 7) is 19.7. The highest BCUT2D eigenvalue weighted by Crippen LogP contribution is 2.59. The Balaban J connectivity index is 1.32. The van der Waals surface area contributed by atoms with Crippen molar-refractivity contribution < 1.29 is 13.2 Å². The smallest absolute Gasteiger partial charge is 0.264 e. The minimum atomic E-state index is -3.93. The quantitative estimate of drug-likeness (QED) is 0.286. The molecule has 254 valence electrons. The number of benzene rings is 2. The van der Waals surface area contributed by atoms with Gasteiger partial charge in [0.2, 0.25) is 11.8 Å². The van der Waals surface area contributed by atoms with E-state index in [0.717, 1.165) is 28.7 Å². The zero-order valence-electron chi connectivity index (χ0n) is 29.5. The van der Waals surface area contributed by atoms with E-state index in [1.807, 2.05) is 50.2 Å². The first-order valence-corrected chi connectivity index (χ1v) is 19.1. The van der Waals surface area contributed by atoms with Crippen LogP contribution in [0.15, 0.2) is 53.4 Å². The lowest BCUT2D eigenvalue weighted by atomic mass is 9.52. The average molecular weight is 659 g/mol. The van der Waals surface area contributed by atoms with Crippen LogP contribution in [0.25, 0.3) is 11.3 Å². The van der Waals surface area contributed by atoms with E-state index >= 15 is 0 Å². The molecule has 0 amide bonds. The molecule has 3 aromatic rings. The molecule has 2 aromatic carbocycles. The van der Waals surface area contributed by atoms with Gasteiger partial charge in [-0.2, -0.15) is 4.98 Å². The number of aryl methyl sites for hydroxylation is 2. The zero-order valence-corrected chi connectivity index (χ0v) is 30.3. The van der Waals surface area contributed by atoms with Gasteiger partial charge < -0.3 is 9.64 Å². The summed E-state index contributed by atoms with van der Waals surface area (Å²) in [5.41, 5.74) is 5.62. The van der Waals surface area contributed by atoms with Crippen LogP contribution in [0.5, 0.6) is 5.88 Å². The first-order valence-electron chi connectivity index (χ1n) is 17.6. The van der Waals surface area contributed by atoms with Crippen LogP contribution < -0.4 is 9.46 Å². The van der Waals surface area contributed by atoms with E-state index in [2.05, 4.69) is 60.3 Å². The minimum absolute atomic E-state index is 0.0258. The van der Waals surface area contributed by atoms with Crippen LogP contribution in [0.2, 0.25) is 0 Å². The van der Waals surface area contributed by atoms with E-state index in [0.29, 0.717) is 40.8 Å². The third-order valence-electron chi connectivity index (χ3n) is 10.9. The Morgan fingerprint density at radius 2 is 1.68 bits per heavy atom. The monoisotopic (exact) mass is 658 g/mol. The summed E-state index contributed by atoms with van der Waals surface area (Å²) in [5, 5.41) is 0. The molecule has 0 radical (unpaired) electrons. The van der Waals surface area contributed by atoms with Gasteiger partial charge in [0, 0.05) is 17.5 Å². The number of likely N-dealkylation sites (tertiary alicyclic amines) is 1. The number of aromatic nitrogens is 2. The fourth-order valence-corrected chi connectivity index (χ4v) is 9.46. The van der Waals surface area contributed by atoms with Crippen molar-refractivity contribution in [3.05, 3.63) is 65.2 Å². The summed E-state index contributed by atoms with van der Waals surface area (Å²) in [5.74, 6) is 1.81. The molecule has 7 nitrogen and oxygen atoms in total. The molecule has 4 bridgehead atoms. The van der Waals surface area contributed by atoms with Gasteiger partial charge >= 0.3 is 0 Å². The first-order chi connectivity index (χ1) is 22.2. The third-order valence-corrected chi connectivity index (χ3v) is 12.3. The van der Waals surface area contributed by atoms with Gasteiger partial charge in [-0.1, -0.05) is 65.0 Å².